The van der Waals surface area contributed by atoms with Crippen molar-refractivity contribution in [3.63, 3.8) is 0 Å². The van der Waals surface area contributed by atoms with Gasteiger partial charge in [-0.25, -0.2) is 0 Å². The first-order valence-corrected chi connectivity index (χ1v) is 5.77. The van der Waals surface area contributed by atoms with Crippen molar-refractivity contribution < 1.29 is 4.39 Å². The van der Waals surface area contributed by atoms with Gasteiger partial charge in [-0.3, -0.25) is 9.38 Å². The summed E-state index contributed by atoms with van der Waals surface area (Å²) in [6.07, 6.45) is 2.53. The molecule has 0 saturated heterocycles. The predicted octanol–water partition coefficient (Wildman–Crippen LogP) is 1.39. The highest BCUT2D eigenvalue weighted by atomic mass is 19.1. The third kappa shape index (κ3) is 4.09. The topological polar surface area (TPSA) is 32.6 Å². The van der Waals surface area contributed by atoms with E-state index in [4.69, 9.17) is 0 Å². The van der Waals surface area contributed by atoms with Gasteiger partial charge in [0, 0.05) is 39.6 Å². The zero-order valence-corrected chi connectivity index (χ0v) is 10.8. The summed E-state index contributed by atoms with van der Waals surface area (Å²) in [6.45, 7) is 1.09. The van der Waals surface area contributed by atoms with E-state index in [1.807, 2.05) is 31.3 Å². The lowest BCUT2D eigenvalue weighted by Gasteiger charge is -2.22. The minimum atomic E-state index is -0.300. The molecule has 0 saturated carbocycles. The largest absolute Gasteiger partial charge is 0.356 e. The minimum absolute atomic E-state index is 0.300. The van der Waals surface area contributed by atoms with Crippen LogP contribution in [0.1, 0.15) is 12.1 Å². The summed E-state index contributed by atoms with van der Waals surface area (Å²) in [6, 6.07) is 4.09. The lowest BCUT2D eigenvalue weighted by Crippen LogP contribution is -2.39. The Kier molecular flexibility index (Phi) is 5.52. The number of guanidine groups is 1. The van der Waals surface area contributed by atoms with Crippen molar-refractivity contribution in [1.29, 1.82) is 0 Å². The highest BCUT2D eigenvalue weighted by Crippen LogP contribution is 2.03. The first kappa shape index (κ1) is 13.5. The van der Waals surface area contributed by atoms with Crippen LogP contribution in [0, 0.1) is 0 Å². The van der Waals surface area contributed by atoms with Gasteiger partial charge in [-0.1, -0.05) is 0 Å². The number of hydrogen-bond donors (Lipinski definition) is 1. The first-order valence-electron chi connectivity index (χ1n) is 5.77. The van der Waals surface area contributed by atoms with Crippen LogP contribution in [0.3, 0.4) is 0 Å². The van der Waals surface area contributed by atoms with E-state index in [-0.39, 0.29) is 6.67 Å². The van der Waals surface area contributed by atoms with E-state index >= 15 is 0 Å². The Balaban J connectivity index is 2.50. The van der Waals surface area contributed by atoms with Crippen molar-refractivity contribution in [1.82, 2.24) is 14.8 Å². The van der Waals surface area contributed by atoms with Gasteiger partial charge in [-0.2, -0.15) is 0 Å². The molecule has 0 aliphatic heterocycles. The Morgan fingerprint density at radius 3 is 2.88 bits per heavy atom. The average Bonchev–Trinajstić information content (AvgIpc) is 2.70. The Hall–Kier alpha value is -1.52. The molecule has 4 nitrogen and oxygen atoms in total. The molecule has 0 unspecified atom stereocenters. The van der Waals surface area contributed by atoms with Crippen molar-refractivity contribution in [3.8, 4) is 0 Å². The average molecular weight is 240 g/mol. The second kappa shape index (κ2) is 6.93. The van der Waals surface area contributed by atoms with E-state index in [2.05, 4.69) is 20.9 Å². The van der Waals surface area contributed by atoms with Crippen molar-refractivity contribution >= 4 is 5.96 Å². The molecular weight excluding hydrogens is 219 g/mol. The fraction of sp³-hybridized carbons (Fsp3) is 0.583. The molecule has 0 aliphatic rings. The standard InChI is InChI=1S/C12H21FN4/c1-14-12(15-8-5-7-13)17(3)10-11-6-4-9-16(11)2/h4,6,9H,5,7-8,10H2,1-3H3,(H,14,15). The van der Waals surface area contributed by atoms with E-state index in [0.29, 0.717) is 13.0 Å². The Bertz CT molecular complexity index is 359. The number of rotatable bonds is 5. The molecule has 0 radical (unpaired) electrons. The van der Waals surface area contributed by atoms with Crippen LogP contribution in [0.15, 0.2) is 23.3 Å². The van der Waals surface area contributed by atoms with Gasteiger partial charge in [0.1, 0.15) is 0 Å². The molecule has 0 atom stereocenters. The van der Waals surface area contributed by atoms with E-state index in [9.17, 15) is 4.39 Å². The maximum Gasteiger partial charge on any atom is 0.193 e. The Morgan fingerprint density at radius 2 is 2.35 bits per heavy atom. The fourth-order valence-electron chi connectivity index (χ4n) is 1.63. The number of aryl methyl sites for hydroxylation is 1. The SMILES string of the molecule is CN=C(NCCCF)N(C)Cc1cccn1C. The number of nitrogens with one attached hydrogen (secondary N) is 1. The van der Waals surface area contributed by atoms with Crippen molar-refractivity contribution in [2.75, 3.05) is 27.3 Å². The third-order valence-corrected chi connectivity index (χ3v) is 2.62. The zero-order valence-electron chi connectivity index (χ0n) is 10.8. The zero-order chi connectivity index (χ0) is 12.7. The summed E-state index contributed by atoms with van der Waals surface area (Å²) < 4.78 is 14.1. The highest BCUT2D eigenvalue weighted by molar-refractivity contribution is 5.79. The number of aliphatic imine (C=N–C) groups is 1. The van der Waals surface area contributed by atoms with Crippen LogP contribution in [0.4, 0.5) is 4.39 Å². The molecule has 5 heteroatoms. The van der Waals surface area contributed by atoms with Crippen molar-refractivity contribution in [2.45, 2.75) is 13.0 Å². The van der Waals surface area contributed by atoms with E-state index in [1.165, 1.54) is 5.69 Å². The molecule has 1 aromatic rings. The number of alkyl halides is 1. The summed E-state index contributed by atoms with van der Waals surface area (Å²) in [5.74, 6) is 0.791. The van der Waals surface area contributed by atoms with Crippen LogP contribution < -0.4 is 5.32 Å². The fourth-order valence-corrected chi connectivity index (χ4v) is 1.63. The molecular formula is C12H21FN4. The molecule has 0 aliphatic carbocycles. The predicted molar refractivity (Wildman–Crippen MR) is 68.8 cm³/mol. The van der Waals surface area contributed by atoms with Gasteiger partial charge in [-0.05, 0) is 18.6 Å². The molecule has 1 rings (SSSR count). The Morgan fingerprint density at radius 1 is 1.59 bits per heavy atom. The van der Waals surface area contributed by atoms with Crippen LogP contribution in [0.5, 0.6) is 0 Å². The van der Waals surface area contributed by atoms with Gasteiger partial charge in [-0.15, -0.1) is 0 Å². The normalized spacial score (nSPS) is 11.6. The molecule has 0 fully saturated rings. The molecule has 17 heavy (non-hydrogen) atoms. The third-order valence-electron chi connectivity index (χ3n) is 2.62. The van der Waals surface area contributed by atoms with Gasteiger partial charge in [0.25, 0.3) is 0 Å². The summed E-state index contributed by atoms with van der Waals surface area (Å²) in [5.41, 5.74) is 1.21. The summed E-state index contributed by atoms with van der Waals surface area (Å²) >= 11 is 0. The van der Waals surface area contributed by atoms with Gasteiger partial charge in [0.05, 0.1) is 13.2 Å². The summed E-state index contributed by atoms with van der Waals surface area (Å²) in [5, 5.41) is 3.13. The van der Waals surface area contributed by atoms with E-state index < -0.39 is 0 Å². The lowest BCUT2D eigenvalue weighted by molar-refractivity contribution is 0.444. The molecule has 1 heterocycles. The van der Waals surface area contributed by atoms with E-state index in [1.54, 1.807) is 7.05 Å². The number of aromatic nitrogens is 1. The van der Waals surface area contributed by atoms with Crippen molar-refractivity contribution in [3.05, 3.63) is 24.0 Å². The second-order valence-corrected chi connectivity index (χ2v) is 3.98. The summed E-state index contributed by atoms with van der Waals surface area (Å²) in [7, 11) is 5.72. The number of nitrogens with zero attached hydrogens (tertiary/aromatic N) is 3. The van der Waals surface area contributed by atoms with Crippen LogP contribution in [0.2, 0.25) is 0 Å². The summed E-state index contributed by atoms with van der Waals surface area (Å²) in [4.78, 5) is 6.19. The van der Waals surface area contributed by atoms with Crippen LogP contribution in [-0.2, 0) is 13.6 Å². The molecule has 0 aromatic carbocycles. The maximum absolute atomic E-state index is 12.0. The number of halogens is 1. The quantitative estimate of drug-likeness (QED) is 0.479. The van der Waals surface area contributed by atoms with Gasteiger partial charge in [0.2, 0.25) is 0 Å². The molecule has 0 amide bonds. The lowest BCUT2D eigenvalue weighted by atomic mass is 10.4. The minimum Gasteiger partial charge on any atom is -0.356 e. The van der Waals surface area contributed by atoms with Crippen LogP contribution >= 0.6 is 0 Å². The van der Waals surface area contributed by atoms with E-state index in [0.717, 1.165) is 12.5 Å². The Labute approximate surface area is 102 Å². The van der Waals surface area contributed by atoms with Gasteiger partial charge in [0.15, 0.2) is 5.96 Å². The van der Waals surface area contributed by atoms with Crippen molar-refractivity contribution in [2.24, 2.45) is 12.0 Å². The molecule has 1 N–H and O–H groups in total. The highest BCUT2D eigenvalue weighted by Gasteiger charge is 2.07. The maximum atomic E-state index is 12.0. The monoisotopic (exact) mass is 240 g/mol. The smallest absolute Gasteiger partial charge is 0.193 e. The first-order chi connectivity index (χ1) is 8.19. The van der Waals surface area contributed by atoms with Gasteiger partial charge >= 0.3 is 0 Å². The van der Waals surface area contributed by atoms with Crippen LogP contribution in [0.25, 0.3) is 0 Å². The molecule has 0 spiro atoms. The number of hydrogen-bond acceptors (Lipinski definition) is 1. The molecule has 0 bridgehead atoms. The van der Waals surface area contributed by atoms with Gasteiger partial charge < -0.3 is 14.8 Å². The van der Waals surface area contributed by atoms with Crippen LogP contribution in [-0.4, -0.2) is 42.7 Å². The molecule has 96 valence electrons. The molecule has 1 aromatic heterocycles. The second-order valence-electron chi connectivity index (χ2n) is 3.98.